The summed E-state index contributed by atoms with van der Waals surface area (Å²) in [4.78, 5) is 24.3. The molecular weight excluding hydrogens is 242 g/mol. The monoisotopic (exact) mass is 255 g/mol. The average molecular weight is 255 g/mol. The molecule has 2 atom stereocenters. The Hall–Kier alpha value is -1.93. The number of nitrogens with one attached hydrogen (secondary N) is 1. The Balaban J connectivity index is 2.25. The van der Waals surface area contributed by atoms with Gasteiger partial charge in [0.1, 0.15) is 5.82 Å². The van der Waals surface area contributed by atoms with Gasteiger partial charge in [0.15, 0.2) is 11.7 Å². The predicted molar refractivity (Wildman–Crippen MR) is 58.9 cm³/mol. The van der Waals surface area contributed by atoms with E-state index < -0.39 is 23.6 Å². The molecule has 0 aromatic carbocycles. The van der Waals surface area contributed by atoms with Crippen molar-refractivity contribution >= 4 is 17.7 Å². The molecule has 1 aliphatic heterocycles. The quantitative estimate of drug-likeness (QED) is 0.636. The number of carbonyl (C=O) groups is 2. The number of rotatable bonds is 3. The zero-order valence-corrected chi connectivity index (χ0v) is 9.66. The molecule has 1 fully saturated rings. The van der Waals surface area contributed by atoms with Crippen molar-refractivity contribution in [2.24, 2.45) is 0 Å². The van der Waals surface area contributed by atoms with Crippen LogP contribution in [0.5, 0.6) is 0 Å². The minimum absolute atomic E-state index is 0.138. The lowest BCUT2D eigenvalue weighted by molar-refractivity contribution is -0.180. The number of carboxylic acid groups (broad SMARTS) is 1. The van der Waals surface area contributed by atoms with E-state index in [1.807, 2.05) is 0 Å². The van der Waals surface area contributed by atoms with Crippen LogP contribution >= 0.6 is 0 Å². The van der Waals surface area contributed by atoms with E-state index in [0.717, 1.165) is 6.92 Å². The summed E-state index contributed by atoms with van der Waals surface area (Å²) in [5, 5.41) is 25.0. The van der Waals surface area contributed by atoms with Crippen LogP contribution in [0.1, 0.15) is 6.92 Å². The first-order valence-corrected chi connectivity index (χ1v) is 5.32. The van der Waals surface area contributed by atoms with Crippen molar-refractivity contribution < 1.29 is 24.5 Å². The zero-order valence-electron chi connectivity index (χ0n) is 9.66. The van der Waals surface area contributed by atoms with Crippen molar-refractivity contribution in [3.05, 3.63) is 12.3 Å². The Labute approximate surface area is 102 Å². The van der Waals surface area contributed by atoms with Crippen molar-refractivity contribution in [1.82, 2.24) is 10.2 Å². The fourth-order valence-corrected chi connectivity index (χ4v) is 1.74. The number of morpholine rings is 1. The Morgan fingerprint density at radius 1 is 1.72 bits per heavy atom. The highest BCUT2D eigenvalue weighted by atomic mass is 16.5. The maximum atomic E-state index is 12.1. The largest absolute Gasteiger partial charge is 0.479 e. The van der Waals surface area contributed by atoms with Gasteiger partial charge in [0, 0.05) is 6.07 Å². The molecule has 0 bridgehead atoms. The van der Waals surface area contributed by atoms with E-state index in [1.54, 1.807) is 6.07 Å². The summed E-state index contributed by atoms with van der Waals surface area (Å²) in [7, 11) is 0. The van der Waals surface area contributed by atoms with Crippen LogP contribution in [-0.2, 0) is 14.3 Å². The number of aliphatic hydroxyl groups is 1. The van der Waals surface area contributed by atoms with Gasteiger partial charge in [-0.05, 0) is 6.92 Å². The molecule has 0 aliphatic carbocycles. The fourth-order valence-electron chi connectivity index (χ4n) is 1.74. The molecule has 1 aromatic rings. The van der Waals surface area contributed by atoms with Crippen molar-refractivity contribution in [1.29, 1.82) is 0 Å². The van der Waals surface area contributed by atoms with E-state index in [-0.39, 0.29) is 13.2 Å². The molecule has 1 aliphatic rings. The number of amides is 1. The van der Waals surface area contributed by atoms with Crippen molar-refractivity contribution in [2.75, 3.05) is 18.1 Å². The molecule has 1 amide bonds. The van der Waals surface area contributed by atoms with E-state index >= 15 is 0 Å². The van der Waals surface area contributed by atoms with Crippen molar-refractivity contribution in [3.63, 3.8) is 0 Å². The van der Waals surface area contributed by atoms with E-state index in [0.29, 0.717) is 5.82 Å². The first-order chi connectivity index (χ1) is 8.44. The summed E-state index contributed by atoms with van der Waals surface area (Å²) >= 11 is 0. The average Bonchev–Trinajstić information content (AvgIpc) is 2.82. The summed E-state index contributed by atoms with van der Waals surface area (Å²) in [5.74, 6) is -1.68. The molecule has 18 heavy (non-hydrogen) atoms. The second-order valence-corrected chi connectivity index (χ2v) is 4.14. The smallest absolute Gasteiger partial charge is 0.338 e. The molecule has 8 heteroatoms. The van der Waals surface area contributed by atoms with Crippen LogP contribution in [0, 0.1) is 0 Å². The SMILES string of the molecule is CC(O)(C(=O)O)C1OCCN(c2ccn[nH]2)C1=O. The number of hydrogen-bond acceptors (Lipinski definition) is 5. The van der Waals surface area contributed by atoms with Gasteiger partial charge in [-0.1, -0.05) is 0 Å². The van der Waals surface area contributed by atoms with Crippen LogP contribution < -0.4 is 4.90 Å². The number of aliphatic carboxylic acids is 1. The van der Waals surface area contributed by atoms with Gasteiger partial charge < -0.3 is 14.9 Å². The van der Waals surface area contributed by atoms with Gasteiger partial charge in [-0.2, -0.15) is 5.10 Å². The Kier molecular flexibility index (Phi) is 3.05. The van der Waals surface area contributed by atoms with Gasteiger partial charge in [0.25, 0.3) is 5.91 Å². The van der Waals surface area contributed by atoms with Gasteiger partial charge >= 0.3 is 5.97 Å². The lowest BCUT2D eigenvalue weighted by Crippen LogP contribution is -2.60. The highest BCUT2D eigenvalue weighted by Gasteiger charge is 2.48. The van der Waals surface area contributed by atoms with Gasteiger partial charge in [0.05, 0.1) is 19.3 Å². The molecule has 0 saturated carbocycles. The van der Waals surface area contributed by atoms with Crippen LogP contribution in [-0.4, -0.2) is 57.1 Å². The van der Waals surface area contributed by atoms with Crippen LogP contribution in [0.4, 0.5) is 5.82 Å². The third-order valence-electron chi connectivity index (χ3n) is 2.81. The second kappa shape index (κ2) is 4.39. The first kappa shape index (κ1) is 12.5. The number of H-pyrrole nitrogens is 1. The molecule has 1 aromatic heterocycles. The predicted octanol–water partition coefficient (Wildman–Crippen LogP) is -1.02. The lowest BCUT2D eigenvalue weighted by atomic mass is 9.97. The molecule has 2 rings (SSSR count). The maximum Gasteiger partial charge on any atom is 0.338 e. The molecule has 0 radical (unpaired) electrons. The van der Waals surface area contributed by atoms with Crippen LogP contribution in [0.2, 0.25) is 0 Å². The normalized spacial score (nSPS) is 23.8. The fraction of sp³-hybridized carbons (Fsp3) is 0.500. The summed E-state index contributed by atoms with van der Waals surface area (Å²) in [6, 6.07) is 1.58. The summed E-state index contributed by atoms with van der Waals surface area (Å²) in [6.07, 6.45) is 0.0367. The second-order valence-electron chi connectivity index (χ2n) is 4.14. The molecule has 2 heterocycles. The maximum absolute atomic E-state index is 12.1. The third kappa shape index (κ3) is 1.95. The summed E-state index contributed by atoms with van der Waals surface area (Å²) < 4.78 is 5.09. The van der Waals surface area contributed by atoms with Crippen molar-refractivity contribution in [3.8, 4) is 0 Å². The number of aromatic amines is 1. The number of hydrogen-bond donors (Lipinski definition) is 3. The number of nitrogens with zero attached hydrogens (tertiary/aromatic N) is 2. The van der Waals surface area contributed by atoms with E-state index in [1.165, 1.54) is 11.1 Å². The van der Waals surface area contributed by atoms with Gasteiger partial charge in [-0.25, -0.2) is 4.79 Å². The lowest BCUT2D eigenvalue weighted by Gasteiger charge is -2.36. The number of aromatic nitrogens is 2. The molecule has 1 saturated heterocycles. The molecule has 98 valence electrons. The van der Waals surface area contributed by atoms with Gasteiger partial charge in [-0.3, -0.25) is 14.8 Å². The number of carboxylic acids is 1. The van der Waals surface area contributed by atoms with Crippen LogP contribution in [0.25, 0.3) is 0 Å². The highest BCUT2D eigenvalue weighted by Crippen LogP contribution is 2.23. The van der Waals surface area contributed by atoms with Gasteiger partial charge in [0.2, 0.25) is 0 Å². The molecule has 3 N–H and O–H groups in total. The summed E-state index contributed by atoms with van der Waals surface area (Å²) in [6.45, 7) is 1.44. The van der Waals surface area contributed by atoms with E-state index in [9.17, 15) is 14.7 Å². The molecule has 2 unspecified atom stereocenters. The Morgan fingerprint density at radius 2 is 2.44 bits per heavy atom. The van der Waals surface area contributed by atoms with Crippen LogP contribution in [0.3, 0.4) is 0 Å². The molecule has 8 nitrogen and oxygen atoms in total. The number of carbonyl (C=O) groups excluding carboxylic acids is 1. The van der Waals surface area contributed by atoms with E-state index in [4.69, 9.17) is 9.84 Å². The molecule has 0 spiro atoms. The van der Waals surface area contributed by atoms with Gasteiger partial charge in [-0.15, -0.1) is 0 Å². The van der Waals surface area contributed by atoms with Crippen molar-refractivity contribution in [2.45, 2.75) is 18.6 Å². The first-order valence-electron chi connectivity index (χ1n) is 5.32. The third-order valence-corrected chi connectivity index (χ3v) is 2.81. The molecular formula is C10H13N3O5. The Bertz CT molecular complexity index is 456. The minimum atomic E-state index is -2.27. The highest BCUT2D eigenvalue weighted by molar-refractivity contribution is 6.00. The van der Waals surface area contributed by atoms with E-state index in [2.05, 4.69) is 10.2 Å². The topological polar surface area (TPSA) is 116 Å². The zero-order chi connectivity index (χ0) is 13.3. The number of anilines is 1. The Morgan fingerprint density at radius 3 is 3.00 bits per heavy atom. The standard InChI is InChI=1S/C10H13N3O5/c1-10(17,9(15)16)7-8(14)13(4-5-18-7)6-2-3-11-12-6/h2-3,7,17H,4-5H2,1H3,(H,11,12)(H,15,16). The minimum Gasteiger partial charge on any atom is -0.479 e. The number of ether oxygens (including phenoxy) is 1. The summed E-state index contributed by atoms with van der Waals surface area (Å²) in [5.41, 5.74) is -2.27. The van der Waals surface area contributed by atoms with Crippen LogP contribution in [0.15, 0.2) is 12.3 Å².